The van der Waals surface area contributed by atoms with Gasteiger partial charge in [-0.05, 0) is 36.5 Å². The molecule has 3 rings (SSSR count). The van der Waals surface area contributed by atoms with Crippen molar-refractivity contribution in [1.29, 1.82) is 0 Å². The number of carbonyl (C=O) groups excluding carboxylic acids is 1. The van der Waals surface area contributed by atoms with E-state index in [1.807, 2.05) is 25.1 Å². The van der Waals surface area contributed by atoms with Gasteiger partial charge in [-0.1, -0.05) is 32.0 Å². The first-order chi connectivity index (χ1) is 12.5. The van der Waals surface area contributed by atoms with Gasteiger partial charge >= 0.3 is 0 Å². The van der Waals surface area contributed by atoms with Gasteiger partial charge in [-0.15, -0.1) is 0 Å². The average Bonchev–Trinajstić information content (AvgIpc) is 2.96. The highest BCUT2D eigenvalue weighted by Gasteiger charge is 2.39. The summed E-state index contributed by atoms with van der Waals surface area (Å²) in [5.41, 5.74) is 2.36. The van der Waals surface area contributed by atoms with Crippen molar-refractivity contribution in [3.05, 3.63) is 47.8 Å². The van der Waals surface area contributed by atoms with Crippen LogP contribution in [0.1, 0.15) is 43.2 Å². The summed E-state index contributed by atoms with van der Waals surface area (Å²) in [4.78, 5) is 15.3. The van der Waals surface area contributed by atoms with E-state index < -0.39 is 10.0 Å². The Morgan fingerprint density at radius 3 is 2.48 bits per heavy atom. The minimum atomic E-state index is -3.59. The number of nitrogens with zero attached hydrogens (tertiary/aromatic N) is 3. The average molecular weight is 390 g/mol. The number of aryl methyl sites for hydroxylation is 1. The molecule has 146 valence electrons. The molecule has 0 N–H and O–H groups in total. The lowest BCUT2D eigenvalue weighted by molar-refractivity contribution is 0.0963. The van der Waals surface area contributed by atoms with Gasteiger partial charge in [0.15, 0.2) is 0 Å². The zero-order valence-electron chi connectivity index (χ0n) is 16.7. The molecule has 1 unspecified atom stereocenters. The van der Waals surface area contributed by atoms with Crippen molar-refractivity contribution < 1.29 is 13.2 Å². The first-order valence-corrected chi connectivity index (χ1v) is 10.4. The van der Waals surface area contributed by atoms with E-state index in [4.69, 9.17) is 0 Å². The third kappa shape index (κ3) is 3.19. The molecule has 0 fully saturated rings. The van der Waals surface area contributed by atoms with Crippen molar-refractivity contribution >= 4 is 21.6 Å². The maximum Gasteiger partial charge on any atom is 0.275 e. The van der Waals surface area contributed by atoms with Crippen molar-refractivity contribution in [3.8, 4) is 0 Å². The van der Waals surface area contributed by atoms with E-state index >= 15 is 0 Å². The summed E-state index contributed by atoms with van der Waals surface area (Å²) in [6.45, 7) is 6.42. The van der Waals surface area contributed by atoms with Gasteiger partial charge in [0.25, 0.3) is 5.91 Å². The zero-order chi connectivity index (χ0) is 20.1. The topological polar surface area (TPSA) is 62.6 Å². The molecule has 0 bridgehead atoms. The van der Waals surface area contributed by atoms with Crippen LogP contribution in [0.3, 0.4) is 0 Å². The number of rotatable bonds is 3. The number of aromatic nitrogens is 1. The SMILES string of the molecule is CC1CC(C)(C)c2ccccc2N1C(=O)c1cc(S(=O)(=O)N(C)C)cn1C. The molecule has 0 spiro atoms. The highest BCUT2D eigenvalue weighted by atomic mass is 32.2. The molecule has 0 saturated carbocycles. The van der Waals surface area contributed by atoms with E-state index in [9.17, 15) is 13.2 Å². The summed E-state index contributed by atoms with van der Waals surface area (Å²) >= 11 is 0. The third-order valence-electron chi connectivity index (χ3n) is 5.34. The first kappa shape index (κ1) is 19.6. The standard InChI is InChI=1S/C20H27N3O3S/c1-14-12-20(2,3)16-9-7-8-10-17(16)23(14)19(24)18-11-15(13-22(18)6)27(25,26)21(4)5/h7-11,13-14H,12H2,1-6H3. The van der Waals surface area contributed by atoms with Crippen molar-refractivity contribution in [2.45, 2.75) is 43.5 Å². The Kier molecular flexibility index (Phi) is 4.72. The number of benzene rings is 1. The van der Waals surface area contributed by atoms with Crippen LogP contribution in [-0.2, 0) is 22.5 Å². The number of anilines is 1. The molecule has 0 radical (unpaired) electrons. The quantitative estimate of drug-likeness (QED) is 0.811. The molecule has 0 aliphatic carbocycles. The highest BCUT2D eigenvalue weighted by molar-refractivity contribution is 7.89. The van der Waals surface area contributed by atoms with E-state index in [2.05, 4.69) is 19.9 Å². The Morgan fingerprint density at radius 2 is 1.85 bits per heavy atom. The maximum absolute atomic E-state index is 13.4. The maximum atomic E-state index is 13.4. The van der Waals surface area contributed by atoms with Gasteiger partial charge in [0.05, 0.1) is 0 Å². The van der Waals surface area contributed by atoms with Gasteiger partial charge in [0.1, 0.15) is 10.6 Å². The van der Waals surface area contributed by atoms with Gasteiger partial charge in [-0.3, -0.25) is 4.79 Å². The van der Waals surface area contributed by atoms with E-state index in [-0.39, 0.29) is 22.3 Å². The van der Waals surface area contributed by atoms with Crippen LogP contribution in [-0.4, -0.2) is 43.3 Å². The van der Waals surface area contributed by atoms with Gasteiger partial charge in [0.2, 0.25) is 10.0 Å². The van der Waals surface area contributed by atoms with E-state index in [0.29, 0.717) is 5.69 Å². The molecule has 1 aliphatic heterocycles. The molecule has 0 saturated heterocycles. The number of sulfonamides is 1. The Bertz CT molecular complexity index is 990. The molecule has 1 aromatic heterocycles. The summed E-state index contributed by atoms with van der Waals surface area (Å²) in [5.74, 6) is -0.187. The van der Waals surface area contributed by atoms with Crippen molar-refractivity contribution in [3.63, 3.8) is 0 Å². The predicted octanol–water partition coefficient (Wildman–Crippen LogP) is 2.99. The number of hydrogen-bond donors (Lipinski definition) is 0. The van der Waals surface area contributed by atoms with Gasteiger partial charge in [0, 0.05) is 39.1 Å². The number of para-hydroxylation sites is 1. The van der Waals surface area contributed by atoms with Crippen LogP contribution in [0.2, 0.25) is 0 Å². The van der Waals surface area contributed by atoms with Crippen molar-refractivity contribution in [1.82, 2.24) is 8.87 Å². The number of fused-ring (bicyclic) bond motifs is 1. The lowest BCUT2D eigenvalue weighted by Crippen LogP contribution is -2.47. The number of amides is 1. The second kappa shape index (κ2) is 6.49. The van der Waals surface area contributed by atoms with E-state index in [1.165, 1.54) is 26.4 Å². The summed E-state index contributed by atoms with van der Waals surface area (Å²) in [6.07, 6.45) is 2.33. The molecular formula is C20H27N3O3S. The number of hydrogen-bond acceptors (Lipinski definition) is 3. The van der Waals surface area contributed by atoms with Crippen LogP contribution in [0.5, 0.6) is 0 Å². The molecule has 7 heteroatoms. The Labute approximate surface area is 161 Å². The second-order valence-electron chi connectivity index (χ2n) is 8.09. The Morgan fingerprint density at radius 1 is 1.22 bits per heavy atom. The molecule has 1 amide bonds. The highest BCUT2D eigenvalue weighted by Crippen LogP contribution is 2.42. The van der Waals surface area contributed by atoms with Crippen molar-refractivity contribution in [2.75, 3.05) is 19.0 Å². The van der Waals surface area contributed by atoms with Crippen LogP contribution < -0.4 is 4.90 Å². The largest absolute Gasteiger partial charge is 0.345 e. The lowest BCUT2D eigenvalue weighted by atomic mass is 9.75. The van der Waals surface area contributed by atoms with Gasteiger partial charge in [-0.2, -0.15) is 0 Å². The molecule has 1 aromatic carbocycles. The molecule has 27 heavy (non-hydrogen) atoms. The smallest absolute Gasteiger partial charge is 0.275 e. The van der Waals surface area contributed by atoms with Crippen LogP contribution in [0, 0.1) is 0 Å². The molecule has 2 heterocycles. The van der Waals surface area contributed by atoms with Gasteiger partial charge in [-0.25, -0.2) is 12.7 Å². The van der Waals surface area contributed by atoms with Crippen LogP contribution in [0.4, 0.5) is 5.69 Å². The van der Waals surface area contributed by atoms with Crippen LogP contribution >= 0.6 is 0 Å². The molecular weight excluding hydrogens is 362 g/mol. The molecule has 6 nitrogen and oxygen atoms in total. The van der Waals surface area contributed by atoms with Crippen LogP contribution in [0.25, 0.3) is 0 Å². The molecule has 1 aliphatic rings. The Hall–Kier alpha value is -2.12. The minimum Gasteiger partial charge on any atom is -0.345 e. The monoisotopic (exact) mass is 389 g/mol. The fourth-order valence-electron chi connectivity index (χ4n) is 3.96. The first-order valence-electron chi connectivity index (χ1n) is 8.99. The van der Waals surface area contributed by atoms with Gasteiger partial charge < -0.3 is 9.47 Å². The second-order valence-corrected chi connectivity index (χ2v) is 10.2. The number of carbonyl (C=O) groups is 1. The summed E-state index contributed by atoms with van der Waals surface area (Å²) in [5, 5.41) is 0. The summed E-state index contributed by atoms with van der Waals surface area (Å²) in [7, 11) is 1.07. The predicted molar refractivity (Wildman–Crippen MR) is 107 cm³/mol. The lowest BCUT2D eigenvalue weighted by Gasteiger charge is -2.43. The third-order valence-corrected chi connectivity index (χ3v) is 7.12. The fourth-order valence-corrected chi connectivity index (χ4v) is 4.94. The minimum absolute atomic E-state index is 0.00575. The fraction of sp³-hybridized carbons (Fsp3) is 0.450. The zero-order valence-corrected chi connectivity index (χ0v) is 17.5. The Balaban J connectivity index is 2.08. The summed E-state index contributed by atoms with van der Waals surface area (Å²) in [6, 6.07) is 9.42. The van der Waals surface area contributed by atoms with Crippen LogP contribution in [0.15, 0.2) is 41.4 Å². The molecule has 2 aromatic rings. The van der Waals surface area contributed by atoms with E-state index in [0.717, 1.165) is 22.0 Å². The normalized spacial score (nSPS) is 19.2. The van der Waals surface area contributed by atoms with E-state index in [1.54, 1.807) is 16.5 Å². The molecule has 1 atom stereocenters. The summed E-state index contributed by atoms with van der Waals surface area (Å²) < 4.78 is 27.6. The van der Waals surface area contributed by atoms with Crippen molar-refractivity contribution in [2.24, 2.45) is 7.05 Å².